The van der Waals surface area contributed by atoms with Gasteiger partial charge in [-0.3, -0.25) is 9.59 Å². The number of rotatable bonds is 13. The number of aliphatic hydroxyl groups is 1. The van der Waals surface area contributed by atoms with Gasteiger partial charge in [0.05, 0.1) is 42.7 Å². The van der Waals surface area contributed by atoms with E-state index in [1.54, 1.807) is 0 Å². The van der Waals surface area contributed by atoms with E-state index in [2.05, 4.69) is 20.9 Å². The molecule has 220 valence electrons. The number of aliphatic carboxylic acids is 1. The number of fused-ring (bicyclic) bond motifs is 1. The highest BCUT2D eigenvalue weighted by Gasteiger charge is 2.32. The summed E-state index contributed by atoms with van der Waals surface area (Å²) in [7, 11) is 0. The molecular weight excluding hydrogens is 534 g/mol. The molecule has 3 aromatic carbocycles. The van der Waals surface area contributed by atoms with E-state index >= 15 is 0 Å². The Balaban J connectivity index is 1.24. The molecule has 3 atom stereocenters. The number of carbonyl (C=O) groups excluding carboxylic acids is 1. The lowest BCUT2D eigenvalue weighted by Crippen LogP contribution is -2.32. The van der Waals surface area contributed by atoms with Crippen LogP contribution in [0.2, 0.25) is 0 Å². The van der Waals surface area contributed by atoms with Gasteiger partial charge in [0.2, 0.25) is 5.91 Å². The molecule has 42 heavy (non-hydrogen) atoms. The Morgan fingerprint density at radius 3 is 2.33 bits per heavy atom. The zero-order valence-corrected chi connectivity index (χ0v) is 23.5. The van der Waals surface area contributed by atoms with Crippen molar-refractivity contribution in [1.82, 2.24) is 9.55 Å². The van der Waals surface area contributed by atoms with E-state index in [4.69, 9.17) is 14.6 Å². The van der Waals surface area contributed by atoms with Crippen LogP contribution in [0.4, 0.5) is 5.69 Å². The number of amides is 1. The third-order valence-corrected chi connectivity index (χ3v) is 7.55. The second kappa shape index (κ2) is 14.2. The van der Waals surface area contributed by atoms with Crippen molar-refractivity contribution >= 4 is 28.6 Å². The first-order valence-corrected chi connectivity index (χ1v) is 14.5. The van der Waals surface area contributed by atoms with Gasteiger partial charge in [0, 0.05) is 30.5 Å². The lowest BCUT2D eigenvalue weighted by atomic mass is 10.00. The smallest absolute Gasteiger partial charge is 0.303 e. The predicted molar refractivity (Wildman–Crippen MR) is 159 cm³/mol. The van der Waals surface area contributed by atoms with Crippen LogP contribution in [0.3, 0.4) is 0 Å². The largest absolute Gasteiger partial charge is 0.481 e. The molecule has 0 saturated carbocycles. The Bertz CT molecular complexity index is 1470. The van der Waals surface area contributed by atoms with Gasteiger partial charge in [-0.2, -0.15) is 0 Å². The van der Waals surface area contributed by atoms with Crippen LogP contribution in [-0.4, -0.2) is 37.7 Å². The SMILES string of the molecule is O=C(O)CCCCCCC(=O)Nc1ccc(C2OC(Cn3cnc4ccccc43)CC(c3ccc(CO)cc3)O2)cc1. The van der Waals surface area contributed by atoms with Gasteiger partial charge in [-0.1, -0.05) is 61.4 Å². The van der Waals surface area contributed by atoms with Crippen molar-refractivity contribution in [2.45, 2.75) is 76.6 Å². The van der Waals surface area contributed by atoms with Gasteiger partial charge in [-0.15, -0.1) is 0 Å². The van der Waals surface area contributed by atoms with E-state index in [0.717, 1.165) is 47.0 Å². The summed E-state index contributed by atoms with van der Waals surface area (Å²) in [5, 5.41) is 21.1. The van der Waals surface area contributed by atoms with Gasteiger partial charge in [0.25, 0.3) is 0 Å². The van der Waals surface area contributed by atoms with Crippen LogP contribution in [0.25, 0.3) is 11.0 Å². The third kappa shape index (κ3) is 7.82. The molecule has 0 radical (unpaired) electrons. The van der Waals surface area contributed by atoms with Gasteiger partial charge < -0.3 is 29.6 Å². The van der Waals surface area contributed by atoms with Crippen LogP contribution in [0, 0.1) is 0 Å². The topological polar surface area (TPSA) is 123 Å². The highest BCUT2D eigenvalue weighted by atomic mass is 16.7. The van der Waals surface area contributed by atoms with E-state index in [1.807, 2.05) is 73.1 Å². The first kappa shape index (κ1) is 29.4. The quantitative estimate of drug-likeness (QED) is 0.165. The van der Waals surface area contributed by atoms with Gasteiger partial charge in [0.15, 0.2) is 6.29 Å². The number of ether oxygens (including phenoxy) is 2. The molecule has 2 heterocycles. The molecule has 5 rings (SSSR count). The molecule has 0 bridgehead atoms. The predicted octanol–water partition coefficient (Wildman–Crippen LogP) is 6.14. The number of nitrogens with zero attached hydrogens (tertiary/aromatic N) is 2. The van der Waals surface area contributed by atoms with Gasteiger partial charge >= 0.3 is 5.97 Å². The fraction of sp³-hybridized carbons (Fsp3) is 0.364. The molecule has 1 saturated heterocycles. The Morgan fingerprint density at radius 1 is 0.881 bits per heavy atom. The molecule has 9 heteroatoms. The second-order valence-electron chi connectivity index (χ2n) is 10.7. The number of aliphatic hydroxyl groups excluding tert-OH is 1. The maximum Gasteiger partial charge on any atom is 0.303 e. The number of aromatic nitrogens is 2. The maximum absolute atomic E-state index is 12.4. The number of nitrogens with one attached hydrogen (secondary N) is 1. The van der Waals surface area contributed by atoms with Crippen molar-refractivity contribution in [3.63, 3.8) is 0 Å². The molecule has 1 aliphatic rings. The molecule has 1 fully saturated rings. The number of carboxylic acids is 1. The normalized spacial score (nSPS) is 18.6. The number of hydrogen-bond donors (Lipinski definition) is 3. The van der Waals surface area contributed by atoms with Crippen molar-refractivity contribution in [1.29, 1.82) is 0 Å². The summed E-state index contributed by atoms with van der Waals surface area (Å²) in [6.45, 7) is 0.611. The van der Waals surface area contributed by atoms with Gasteiger partial charge in [-0.05, 0) is 48.2 Å². The fourth-order valence-electron chi connectivity index (χ4n) is 5.27. The molecular formula is C33H37N3O6. The Labute approximate surface area is 245 Å². The number of benzene rings is 3. The summed E-state index contributed by atoms with van der Waals surface area (Å²) in [5.74, 6) is -0.847. The summed E-state index contributed by atoms with van der Waals surface area (Å²) in [6, 6.07) is 23.4. The number of carboxylic acid groups (broad SMARTS) is 1. The molecule has 3 unspecified atom stereocenters. The summed E-state index contributed by atoms with van der Waals surface area (Å²) in [4.78, 5) is 27.5. The number of unbranched alkanes of at least 4 members (excludes halogenated alkanes) is 3. The number of carbonyl (C=O) groups is 2. The minimum Gasteiger partial charge on any atom is -0.481 e. The van der Waals surface area contributed by atoms with E-state index < -0.39 is 12.3 Å². The molecule has 9 nitrogen and oxygen atoms in total. The second-order valence-corrected chi connectivity index (χ2v) is 10.7. The van der Waals surface area contributed by atoms with E-state index in [0.29, 0.717) is 31.5 Å². The van der Waals surface area contributed by atoms with E-state index in [9.17, 15) is 14.7 Å². The molecule has 1 aliphatic heterocycles. The lowest BCUT2D eigenvalue weighted by Gasteiger charge is -2.36. The van der Waals surface area contributed by atoms with E-state index in [1.165, 1.54) is 0 Å². The monoisotopic (exact) mass is 571 g/mol. The molecule has 3 N–H and O–H groups in total. The van der Waals surface area contributed by atoms with Gasteiger partial charge in [-0.25, -0.2) is 4.98 Å². The summed E-state index contributed by atoms with van der Waals surface area (Å²) >= 11 is 0. The minimum absolute atomic E-state index is 0.0104. The van der Waals surface area contributed by atoms with Crippen LogP contribution in [0.15, 0.2) is 79.1 Å². The Hall–Kier alpha value is -4.05. The molecule has 4 aromatic rings. The number of hydrogen-bond acceptors (Lipinski definition) is 6. The first-order chi connectivity index (χ1) is 20.5. The number of para-hydroxylation sites is 2. The first-order valence-electron chi connectivity index (χ1n) is 14.5. The van der Waals surface area contributed by atoms with E-state index in [-0.39, 0.29) is 31.1 Å². The Morgan fingerprint density at radius 2 is 1.60 bits per heavy atom. The van der Waals surface area contributed by atoms with Crippen LogP contribution < -0.4 is 5.32 Å². The Kier molecular flexibility index (Phi) is 9.97. The van der Waals surface area contributed by atoms with Crippen molar-refractivity contribution < 1.29 is 29.3 Å². The minimum atomic E-state index is -0.783. The molecule has 1 amide bonds. The third-order valence-electron chi connectivity index (χ3n) is 7.55. The highest BCUT2D eigenvalue weighted by molar-refractivity contribution is 5.90. The molecule has 0 aliphatic carbocycles. The van der Waals surface area contributed by atoms with Crippen molar-refractivity contribution in [2.75, 3.05) is 5.32 Å². The average Bonchev–Trinajstić information content (AvgIpc) is 3.41. The zero-order chi connectivity index (χ0) is 29.3. The van der Waals surface area contributed by atoms with Crippen LogP contribution in [-0.2, 0) is 32.2 Å². The van der Waals surface area contributed by atoms with Crippen LogP contribution in [0.1, 0.15) is 74.0 Å². The van der Waals surface area contributed by atoms with Crippen molar-refractivity contribution in [3.8, 4) is 0 Å². The standard InChI is InChI=1S/C33H37N3O6/c37-21-23-11-13-24(14-12-23)30-19-27(20-36-22-34-28-7-5-6-8-29(28)36)41-33(42-30)25-15-17-26(18-16-25)35-31(38)9-3-1-2-4-10-32(39)40/h5-8,11-18,22,27,30,33,37H,1-4,9-10,19-21H2,(H,35,38)(H,39,40). The van der Waals surface area contributed by atoms with Crippen molar-refractivity contribution in [3.05, 3.63) is 95.8 Å². The number of anilines is 1. The maximum atomic E-state index is 12.4. The lowest BCUT2D eigenvalue weighted by molar-refractivity contribution is -0.252. The average molecular weight is 572 g/mol. The molecule has 0 spiro atoms. The summed E-state index contributed by atoms with van der Waals surface area (Å²) < 4.78 is 15.0. The van der Waals surface area contributed by atoms with Crippen molar-refractivity contribution in [2.24, 2.45) is 0 Å². The van der Waals surface area contributed by atoms with Crippen LogP contribution in [0.5, 0.6) is 0 Å². The fourth-order valence-corrected chi connectivity index (χ4v) is 5.27. The highest BCUT2D eigenvalue weighted by Crippen LogP contribution is 2.39. The summed E-state index contributed by atoms with van der Waals surface area (Å²) in [6.07, 6.45) is 5.12. The zero-order valence-electron chi connectivity index (χ0n) is 23.5. The van der Waals surface area contributed by atoms with Crippen LogP contribution >= 0.6 is 0 Å². The molecule has 1 aromatic heterocycles. The summed E-state index contributed by atoms with van der Waals surface area (Å²) in [5.41, 5.74) is 5.40. The van der Waals surface area contributed by atoms with Gasteiger partial charge in [0.1, 0.15) is 0 Å². The number of imidazole rings is 1.